The summed E-state index contributed by atoms with van der Waals surface area (Å²) >= 11 is 0. The third-order valence-electron chi connectivity index (χ3n) is 5.98. The minimum absolute atomic E-state index is 0. The molecule has 236 valence electrons. The Hall–Kier alpha value is -4.82. The molecule has 6 N–H and O–H groups in total. The second-order valence-corrected chi connectivity index (χ2v) is 11.9. The Labute approximate surface area is 287 Å². The molecule has 0 amide bonds. The summed E-state index contributed by atoms with van der Waals surface area (Å²) in [5.74, 6) is -3.58. The molecule has 47 heavy (non-hydrogen) atoms. The molecule has 16 nitrogen and oxygen atoms in total. The summed E-state index contributed by atoms with van der Waals surface area (Å²) < 4.78 is 68.1. The number of hydrogen-bond acceptors (Lipinski definition) is 12. The summed E-state index contributed by atoms with van der Waals surface area (Å²) in [4.78, 5) is 20.7. The van der Waals surface area contributed by atoms with Gasteiger partial charge in [0.15, 0.2) is 0 Å². The molecule has 0 aromatic heterocycles. The van der Waals surface area contributed by atoms with Crippen LogP contribution < -0.4 is 29.6 Å². The molecule has 4 rings (SSSR count). The SMILES string of the molecule is O=C(O)c1ccc(N=Nc2ccc(/C=C/c3ccc(N=Nc4ccc(C(=O)O)cc4O)cc3S(=O)(=O)O)c(S(=O)(=O)O)c2)c(O)c1.[Na+]. The number of nitrogens with zero attached hydrogens (tertiary/aromatic N) is 4. The van der Waals surface area contributed by atoms with Crippen LogP contribution in [0.2, 0.25) is 0 Å². The Morgan fingerprint density at radius 1 is 0.553 bits per heavy atom. The minimum atomic E-state index is -4.87. The molecule has 0 aliphatic rings. The van der Waals surface area contributed by atoms with Crippen LogP contribution in [0.1, 0.15) is 31.8 Å². The fraction of sp³-hybridized carbons (Fsp3) is 0. The molecule has 0 radical (unpaired) electrons. The third-order valence-corrected chi connectivity index (χ3v) is 7.80. The van der Waals surface area contributed by atoms with Crippen molar-refractivity contribution in [2.45, 2.75) is 9.79 Å². The molecule has 0 saturated heterocycles. The van der Waals surface area contributed by atoms with Crippen molar-refractivity contribution in [1.29, 1.82) is 0 Å². The van der Waals surface area contributed by atoms with Gasteiger partial charge in [-0.3, -0.25) is 9.11 Å². The van der Waals surface area contributed by atoms with E-state index >= 15 is 0 Å². The Bertz CT molecular complexity index is 2050. The summed E-state index contributed by atoms with van der Waals surface area (Å²) in [7, 11) is -9.74. The molecule has 0 heterocycles. The van der Waals surface area contributed by atoms with Crippen LogP contribution in [0.25, 0.3) is 12.2 Å². The van der Waals surface area contributed by atoms with Crippen molar-refractivity contribution < 1.29 is 85.5 Å². The van der Waals surface area contributed by atoms with Gasteiger partial charge in [0.2, 0.25) is 0 Å². The first-order valence-electron chi connectivity index (χ1n) is 12.4. The van der Waals surface area contributed by atoms with E-state index in [2.05, 4.69) is 20.5 Å². The average molecular weight is 692 g/mol. The molecular weight excluding hydrogens is 671 g/mol. The maximum atomic E-state index is 12.1. The van der Waals surface area contributed by atoms with E-state index in [0.29, 0.717) is 0 Å². The standard InChI is InChI=1S/C28H20N4O12S2.Na/c33-23-11-17(27(35)36)5-9-21(23)31-29-19-7-3-15(25(13-19)45(39,40)41)1-2-16-4-8-20(14-26(16)46(42,43)44)30-32-22-10-6-18(28(37)38)12-24(22)34;/h1-14,33-34H,(H,35,36)(H,37,38)(H,39,40,41)(H,42,43,44);/q;+1/b2-1+,31-29?,32-30?;. The van der Waals surface area contributed by atoms with Gasteiger partial charge in [-0.1, -0.05) is 24.3 Å². The maximum absolute atomic E-state index is 12.1. The molecule has 0 fully saturated rings. The molecule has 0 saturated carbocycles. The number of benzene rings is 4. The largest absolute Gasteiger partial charge is 1.00 e. The number of hydrogen-bond donors (Lipinski definition) is 6. The van der Waals surface area contributed by atoms with Gasteiger partial charge in [-0.15, -0.1) is 10.2 Å². The second kappa shape index (κ2) is 14.7. The molecule has 19 heteroatoms. The van der Waals surface area contributed by atoms with Gasteiger partial charge in [-0.25, -0.2) is 9.59 Å². The van der Waals surface area contributed by atoms with Gasteiger partial charge < -0.3 is 20.4 Å². The zero-order chi connectivity index (χ0) is 33.8. The minimum Gasteiger partial charge on any atom is -0.506 e. The predicted octanol–water partition coefficient (Wildman–Crippen LogP) is 2.99. The number of phenolic OH excluding ortho intramolecular Hbond substituents is 2. The van der Waals surface area contributed by atoms with E-state index in [-0.39, 0.29) is 74.6 Å². The Morgan fingerprint density at radius 2 is 0.915 bits per heavy atom. The molecule has 0 aliphatic heterocycles. The molecule has 0 spiro atoms. The molecule has 4 aromatic rings. The summed E-state index contributed by atoms with van der Waals surface area (Å²) in [6.45, 7) is 0. The van der Waals surface area contributed by atoms with Crippen molar-refractivity contribution in [3.63, 3.8) is 0 Å². The van der Waals surface area contributed by atoms with Crippen LogP contribution in [-0.2, 0) is 20.2 Å². The first kappa shape index (κ1) is 36.6. The quantitative estimate of drug-likeness (QED) is 0.0606. The normalized spacial score (nSPS) is 12.0. The van der Waals surface area contributed by atoms with Crippen LogP contribution in [0.3, 0.4) is 0 Å². The Kier molecular flexibility index (Phi) is 11.5. The summed E-state index contributed by atoms with van der Waals surface area (Å²) in [6.07, 6.45) is 2.27. The maximum Gasteiger partial charge on any atom is 1.00 e. The summed E-state index contributed by atoms with van der Waals surface area (Å²) in [5.41, 5.74) is -1.11. The molecule has 0 unspecified atom stereocenters. The number of phenols is 2. The van der Waals surface area contributed by atoms with Crippen molar-refractivity contribution in [3.05, 3.63) is 95.1 Å². The van der Waals surface area contributed by atoms with Crippen LogP contribution >= 0.6 is 0 Å². The number of rotatable bonds is 10. The van der Waals surface area contributed by atoms with Crippen molar-refractivity contribution in [3.8, 4) is 11.5 Å². The Morgan fingerprint density at radius 3 is 1.21 bits per heavy atom. The van der Waals surface area contributed by atoms with Crippen LogP contribution in [0.4, 0.5) is 22.7 Å². The van der Waals surface area contributed by atoms with Gasteiger partial charge in [-0.2, -0.15) is 27.1 Å². The van der Waals surface area contributed by atoms with Gasteiger partial charge in [-0.05, 0) is 71.8 Å². The molecular formula is C28H20N4NaO12S2+. The van der Waals surface area contributed by atoms with Crippen LogP contribution in [0.15, 0.2) is 103 Å². The number of aromatic hydroxyl groups is 2. The van der Waals surface area contributed by atoms with Crippen LogP contribution in [0.5, 0.6) is 11.5 Å². The molecule has 4 aromatic carbocycles. The van der Waals surface area contributed by atoms with E-state index in [1.165, 1.54) is 36.4 Å². The van der Waals surface area contributed by atoms with Crippen molar-refractivity contribution in [2.24, 2.45) is 20.5 Å². The van der Waals surface area contributed by atoms with Gasteiger partial charge >= 0.3 is 41.5 Å². The Balaban J connectivity index is 0.00000600. The second-order valence-electron chi connectivity index (χ2n) is 9.15. The van der Waals surface area contributed by atoms with Gasteiger partial charge in [0.05, 0.1) is 22.5 Å². The van der Waals surface area contributed by atoms with Crippen molar-refractivity contribution in [1.82, 2.24) is 0 Å². The van der Waals surface area contributed by atoms with E-state index < -0.39 is 53.5 Å². The number of aromatic carboxylic acids is 2. The van der Waals surface area contributed by atoms with E-state index in [4.69, 9.17) is 10.2 Å². The predicted molar refractivity (Wildman–Crippen MR) is 160 cm³/mol. The topological polar surface area (TPSA) is 273 Å². The zero-order valence-electron chi connectivity index (χ0n) is 23.8. The first-order chi connectivity index (χ1) is 21.5. The third kappa shape index (κ3) is 9.36. The molecule has 0 aliphatic carbocycles. The fourth-order valence-corrected chi connectivity index (χ4v) is 5.18. The first-order valence-corrected chi connectivity index (χ1v) is 15.3. The van der Waals surface area contributed by atoms with Gasteiger partial charge in [0.1, 0.15) is 32.7 Å². The van der Waals surface area contributed by atoms with Crippen LogP contribution in [0, 0.1) is 0 Å². The summed E-state index contributed by atoms with van der Waals surface area (Å²) in [6, 6.07) is 13.4. The van der Waals surface area contributed by atoms with Crippen molar-refractivity contribution >= 4 is 67.1 Å². The monoisotopic (exact) mass is 691 g/mol. The molecule has 0 atom stereocenters. The number of carbonyl (C=O) groups is 2. The van der Waals surface area contributed by atoms with E-state index in [1.54, 1.807) is 0 Å². The van der Waals surface area contributed by atoms with Gasteiger partial charge in [0.25, 0.3) is 20.2 Å². The summed E-state index contributed by atoms with van der Waals surface area (Å²) in [5, 5.41) is 53.1. The van der Waals surface area contributed by atoms with E-state index in [1.807, 2.05) is 0 Å². The number of carboxylic acids is 2. The zero-order valence-corrected chi connectivity index (χ0v) is 27.5. The molecule has 0 bridgehead atoms. The smallest absolute Gasteiger partial charge is 0.506 e. The number of carboxylic acid groups (broad SMARTS) is 2. The van der Waals surface area contributed by atoms with E-state index in [0.717, 1.165) is 48.6 Å². The van der Waals surface area contributed by atoms with E-state index in [9.17, 15) is 45.7 Å². The van der Waals surface area contributed by atoms with Gasteiger partial charge in [0, 0.05) is 0 Å². The fourth-order valence-electron chi connectivity index (χ4n) is 3.78. The average Bonchev–Trinajstić information content (AvgIpc) is 2.98. The van der Waals surface area contributed by atoms with Crippen molar-refractivity contribution in [2.75, 3.05) is 0 Å². The van der Waals surface area contributed by atoms with Crippen LogP contribution in [-0.4, -0.2) is 58.3 Å². The number of azo groups is 2.